The van der Waals surface area contributed by atoms with Gasteiger partial charge in [-0.2, -0.15) is 0 Å². The van der Waals surface area contributed by atoms with Gasteiger partial charge in [-0.05, 0) is 49.4 Å². The highest BCUT2D eigenvalue weighted by Crippen LogP contribution is 2.25. The summed E-state index contributed by atoms with van der Waals surface area (Å²) in [5.74, 6) is 2.21. The topological polar surface area (TPSA) is 52.6 Å². The zero-order valence-electron chi connectivity index (χ0n) is 25.1. The van der Waals surface area contributed by atoms with Crippen molar-refractivity contribution in [1.82, 2.24) is 0 Å². The molecule has 0 aliphatic heterocycles. The zero-order chi connectivity index (χ0) is 27.0. The van der Waals surface area contributed by atoms with Crippen LogP contribution in [0.3, 0.4) is 0 Å². The average molecular weight is 511 g/mol. The molecule has 0 N–H and O–H groups in total. The number of unbranched alkanes of at least 4 members (excludes halogenated alkanes) is 7. The third-order valence-electron chi connectivity index (χ3n) is 7.91. The quantitative estimate of drug-likeness (QED) is 0.0906. The first-order valence-corrected chi connectivity index (χ1v) is 15.7. The molecule has 0 saturated heterocycles. The Kier molecular flexibility index (Phi) is 23.6. The van der Waals surface area contributed by atoms with Crippen molar-refractivity contribution < 1.29 is 19.1 Å². The highest BCUT2D eigenvalue weighted by molar-refractivity contribution is 5.69. The molecule has 3 unspecified atom stereocenters. The van der Waals surface area contributed by atoms with Crippen LogP contribution in [-0.2, 0) is 19.1 Å². The fourth-order valence-electron chi connectivity index (χ4n) is 4.86. The first-order chi connectivity index (χ1) is 17.4. The molecule has 0 spiro atoms. The van der Waals surface area contributed by atoms with Crippen molar-refractivity contribution in [2.75, 3.05) is 13.2 Å². The van der Waals surface area contributed by atoms with Gasteiger partial charge in [0.2, 0.25) is 0 Å². The number of carbonyl (C=O) groups is 2. The summed E-state index contributed by atoms with van der Waals surface area (Å²) in [7, 11) is 0. The van der Waals surface area contributed by atoms with Crippen molar-refractivity contribution >= 4 is 11.9 Å². The summed E-state index contributed by atoms with van der Waals surface area (Å²) in [6.07, 6.45) is 19.6. The summed E-state index contributed by atoms with van der Waals surface area (Å²) < 4.78 is 11.1. The molecule has 0 fully saturated rings. The normalized spacial score (nSPS) is 14.0. The van der Waals surface area contributed by atoms with Crippen LogP contribution in [0.4, 0.5) is 0 Å². The van der Waals surface area contributed by atoms with Gasteiger partial charge >= 0.3 is 11.9 Å². The molecule has 0 aliphatic carbocycles. The van der Waals surface area contributed by atoms with Crippen LogP contribution < -0.4 is 0 Å². The van der Waals surface area contributed by atoms with E-state index >= 15 is 0 Å². The maximum absolute atomic E-state index is 12.3. The van der Waals surface area contributed by atoms with E-state index in [1.807, 2.05) is 0 Å². The van der Waals surface area contributed by atoms with E-state index < -0.39 is 0 Å². The molecule has 0 aliphatic rings. The predicted octanol–water partition coefficient (Wildman–Crippen LogP) is 9.68. The third kappa shape index (κ3) is 20.0. The van der Waals surface area contributed by atoms with Gasteiger partial charge in [0.05, 0.1) is 13.2 Å². The van der Waals surface area contributed by atoms with Crippen molar-refractivity contribution in [3.8, 4) is 0 Å². The van der Waals surface area contributed by atoms with Gasteiger partial charge < -0.3 is 9.47 Å². The van der Waals surface area contributed by atoms with Gasteiger partial charge in [-0.1, -0.05) is 119 Å². The lowest BCUT2D eigenvalue weighted by molar-refractivity contribution is -0.146. The number of hydrogen-bond acceptors (Lipinski definition) is 4. The lowest BCUT2D eigenvalue weighted by Crippen LogP contribution is -2.16. The molecule has 0 aromatic rings. The Morgan fingerprint density at radius 1 is 0.556 bits per heavy atom. The average Bonchev–Trinajstić information content (AvgIpc) is 2.87. The molecule has 0 bridgehead atoms. The zero-order valence-corrected chi connectivity index (χ0v) is 25.1. The van der Waals surface area contributed by atoms with Crippen LogP contribution in [0.1, 0.15) is 157 Å². The van der Waals surface area contributed by atoms with Crippen LogP contribution in [-0.4, -0.2) is 25.2 Å². The van der Waals surface area contributed by atoms with Crippen LogP contribution in [0.5, 0.6) is 0 Å². The summed E-state index contributed by atoms with van der Waals surface area (Å²) in [5, 5.41) is 0. The fourth-order valence-corrected chi connectivity index (χ4v) is 4.86. The molecule has 4 heteroatoms. The highest BCUT2D eigenvalue weighted by Gasteiger charge is 2.17. The van der Waals surface area contributed by atoms with E-state index in [2.05, 4.69) is 41.5 Å². The number of ether oxygens (including phenoxy) is 2. The minimum atomic E-state index is -0.0191. The second kappa shape index (κ2) is 24.3. The fraction of sp³-hybridized carbons (Fsp3) is 0.938. The maximum Gasteiger partial charge on any atom is 0.305 e. The number of carbonyl (C=O) groups excluding carboxylic acids is 2. The molecule has 0 heterocycles. The van der Waals surface area contributed by atoms with Gasteiger partial charge in [0.1, 0.15) is 0 Å². The Hall–Kier alpha value is -1.06. The van der Waals surface area contributed by atoms with Gasteiger partial charge in [-0.25, -0.2) is 0 Å². The van der Waals surface area contributed by atoms with Crippen LogP contribution >= 0.6 is 0 Å². The van der Waals surface area contributed by atoms with E-state index in [4.69, 9.17) is 9.47 Å². The van der Waals surface area contributed by atoms with Crippen LogP contribution in [0.25, 0.3) is 0 Å². The molecule has 4 nitrogen and oxygen atoms in total. The Morgan fingerprint density at radius 2 is 1.03 bits per heavy atom. The molecule has 36 heavy (non-hydrogen) atoms. The molecular weight excluding hydrogens is 448 g/mol. The predicted molar refractivity (Wildman–Crippen MR) is 153 cm³/mol. The van der Waals surface area contributed by atoms with Crippen LogP contribution in [0.2, 0.25) is 0 Å². The maximum atomic E-state index is 12.3. The Bertz CT molecular complexity index is 516. The van der Waals surface area contributed by atoms with Crippen molar-refractivity contribution in [3.63, 3.8) is 0 Å². The molecule has 3 atom stereocenters. The monoisotopic (exact) mass is 510 g/mol. The first-order valence-electron chi connectivity index (χ1n) is 15.7. The van der Waals surface area contributed by atoms with Gasteiger partial charge in [0.15, 0.2) is 0 Å². The van der Waals surface area contributed by atoms with Crippen molar-refractivity contribution in [3.05, 3.63) is 0 Å². The molecule has 0 aromatic heterocycles. The summed E-state index contributed by atoms with van der Waals surface area (Å²) in [5.41, 5.74) is 0. The smallest absolute Gasteiger partial charge is 0.305 e. The van der Waals surface area contributed by atoms with E-state index in [0.717, 1.165) is 38.5 Å². The van der Waals surface area contributed by atoms with E-state index in [9.17, 15) is 9.59 Å². The van der Waals surface area contributed by atoms with Crippen molar-refractivity contribution in [1.29, 1.82) is 0 Å². The molecule has 0 radical (unpaired) electrons. The summed E-state index contributed by atoms with van der Waals surface area (Å²) >= 11 is 0. The Labute approximate surface area is 225 Å². The molecular formula is C32H62O4. The SMILES string of the molecule is CCCCC(CC)COC(=O)CCCCCCCCC(CCC(=O)OCC(CC)CCCC)C(C)C. The van der Waals surface area contributed by atoms with Crippen molar-refractivity contribution in [2.45, 2.75) is 157 Å². The Morgan fingerprint density at radius 3 is 1.50 bits per heavy atom. The summed E-state index contributed by atoms with van der Waals surface area (Å²) in [6.45, 7) is 14.5. The van der Waals surface area contributed by atoms with Gasteiger partial charge in [-0.3, -0.25) is 9.59 Å². The van der Waals surface area contributed by atoms with Crippen LogP contribution in [0, 0.1) is 23.7 Å². The van der Waals surface area contributed by atoms with Gasteiger partial charge in [-0.15, -0.1) is 0 Å². The minimum absolute atomic E-state index is 0.0136. The molecule has 0 aromatic carbocycles. The first kappa shape index (κ1) is 34.9. The minimum Gasteiger partial charge on any atom is -0.465 e. The highest BCUT2D eigenvalue weighted by atomic mass is 16.5. The van der Waals surface area contributed by atoms with Crippen molar-refractivity contribution in [2.24, 2.45) is 23.7 Å². The van der Waals surface area contributed by atoms with E-state index in [1.165, 1.54) is 64.2 Å². The summed E-state index contributed by atoms with van der Waals surface area (Å²) in [6, 6.07) is 0. The second-order valence-corrected chi connectivity index (χ2v) is 11.4. The van der Waals surface area contributed by atoms with Crippen LogP contribution in [0.15, 0.2) is 0 Å². The number of hydrogen-bond donors (Lipinski definition) is 0. The largest absolute Gasteiger partial charge is 0.465 e. The molecule has 0 rings (SSSR count). The summed E-state index contributed by atoms with van der Waals surface area (Å²) in [4.78, 5) is 24.3. The number of esters is 2. The molecule has 0 saturated carbocycles. The lowest BCUT2D eigenvalue weighted by atomic mass is 9.86. The standard InChI is InChI=1S/C32H62O4/c1-7-11-19-28(9-3)25-35-31(33)22-18-16-14-13-15-17-21-30(27(5)6)23-24-32(34)36-26-29(10-4)20-12-8-2/h27-30H,7-26H2,1-6H3. The van der Waals surface area contributed by atoms with E-state index in [0.29, 0.717) is 49.7 Å². The van der Waals surface area contributed by atoms with E-state index in [1.54, 1.807) is 0 Å². The van der Waals surface area contributed by atoms with E-state index in [-0.39, 0.29) is 11.9 Å². The second-order valence-electron chi connectivity index (χ2n) is 11.4. The number of rotatable bonds is 25. The Balaban J connectivity index is 3.88. The van der Waals surface area contributed by atoms with Gasteiger partial charge in [0, 0.05) is 12.8 Å². The third-order valence-corrected chi connectivity index (χ3v) is 7.91. The van der Waals surface area contributed by atoms with Gasteiger partial charge in [0.25, 0.3) is 0 Å². The lowest BCUT2D eigenvalue weighted by Gasteiger charge is -2.21. The molecule has 214 valence electrons. The molecule has 0 amide bonds.